The number of rotatable bonds is 4. The molecule has 1 aliphatic rings. The normalized spacial score (nSPS) is 17.7. The summed E-state index contributed by atoms with van der Waals surface area (Å²) in [6.07, 6.45) is 1.90. The van der Waals surface area contributed by atoms with Gasteiger partial charge in [-0.2, -0.15) is 0 Å². The monoisotopic (exact) mass is 411 g/mol. The molecule has 1 aliphatic heterocycles. The molecule has 0 aliphatic carbocycles. The van der Waals surface area contributed by atoms with Crippen LogP contribution < -0.4 is 4.72 Å². The third kappa shape index (κ3) is 3.40. The minimum Gasteiger partial charge on any atom is -0.370 e. The van der Waals surface area contributed by atoms with E-state index in [-0.39, 0.29) is 16.0 Å². The Morgan fingerprint density at radius 3 is 2.81 bits per heavy atom. The van der Waals surface area contributed by atoms with Crippen molar-refractivity contribution in [3.63, 3.8) is 0 Å². The lowest BCUT2D eigenvalue weighted by molar-refractivity contribution is 0.106. The lowest BCUT2D eigenvalue weighted by Gasteiger charge is -2.10. The summed E-state index contributed by atoms with van der Waals surface area (Å²) in [6, 6.07) is 9.39. The van der Waals surface area contributed by atoms with Crippen LogP contribution >= 0.6 is 23.2 Å². The van der Waals surface area contributed by atoms with Gasteiger partial charge in [-0.05, 0) is 49.2 Å². The van der Waals surface area contributed by atoms with Crippen molar-refractivity contribution in [2.45, 2.75) is 23.8 Å². The maximum absolute atomic E-state index is 12.6. The Bertz CT molecular complexity index is 1080. The number of fused-ring (bicyclic) bond motifs is 1. The molecule has 1 aromatic heterocycles. The molecular formula is C17H15Cl2N3O3S. The Hall–Kier alpha value is -1.80. The molecule has 4 rings (SSSR count). The van der Waals surface area contributed by atoms with E-state index in [0.717, 1.165) is 36.3 Å². The van der Waals surface area contributed by atoms with Crippen LogP contribution in [0, 0.1) is 0 Å². The smallest absolute Gasteiger partial charge is 0.263 e. The van der Waals surface area contributed by atoms with Gasteiger partial charge in [-0.1, -0.05) is 23.2 Å². The fraction of sp³-hybridized carbons (Fsp3) is 0.235. The number of nitrogens with zero attached hydrogens (tertiary/aromatic N) is 1. The predicted octanol–water partition coefficient (Wildman–Crippen LogP) is 4.52. The molecule has 0 bridgehead atoms. The molecule has 9 heteroatoms. The summed E-state index contributed by atoms with van der Waals surface area (Å²) in [5.41, 5.74) is 1.88. The second kappa shape index (κ2) is 6.74. The molecule has 6 nitrogen and oxygen atoms in total. The van der Waals surface area contributed by atoms with Crippen molar-refractivity contribution >= 4 is 49.9 Å². The standard InChI is InChI=1S/C17H15Cl2N3O3S/c18-10-3-5-12(19)16(8-10)26(23,24)22-11-4-6-13-14(9-11)21-17(20-13)15-2-1-7-25-15/h3-6,8-9,15,22H,1-2,7H2,(H,20,21). The van der Waals surface area contributed by atoms with E-state index in [2.05, 4.69) is 14.7 Å². The third-order valence-electron chi connectivity index (χ3n) is 4.17. The first-order chi connectivity index (χ1) is 12.4. The van der Waals surface area contributed by atoms with Gasteiger partial charge in [0.05, 0.1) is 21.7 Å². The molecule has 2 heterocycles. The molecule has 1 saturated heterocycles. The predicted molar refractivity (Wildman–Crippen MR) is 101 cm³/mol. The highest BCUT2D eigenvalue weighted by atomic mass is 35.5. The van der Waals surface area contributed by atoms with Crippen molar-refractivity contribution in [1.29, 1.82) is 0 Å². The molecule has 1 atom stereocenters. The number of aromatic nitrogens is 2. The Morgan fingerprint density at radius 1 is 1.19 bits per heavy atom. The largest absolute Gasteiger partial charge is 0.370 e. The number of nitrogens with one attached hydrogen (secondary N) is 2. The van der Waals surface area contributed by atoms with Gasteiger partial charge in [-0.3, -0.25) is 4.72 Å². The third-order valence-corrected chi connectivity index (χ3v) is 6.27. The van der Waals surface area contributed by atoms with Crippen molar-refractivity contribution in [2.75, 3.05) is 11.3 Å². The number of anilines is 1. The van der Waals surface area contributed by atoms with Gasteiger partial charge in [-0.25, -0.2) is 13.4 Å². The van der Waals surface area contributed by atoms with Crippen LogP contribution in [0.4, 0.5) is 5.69 Å². The minimum atomic E-state index is -3.87. The number of imidazole rings is 1. The maximum atomic E-state index is 12.6. The van der Waals surface area contributed by atoms with Crippen LogP contribution in [-0.4, -0.2) is 25.0 Å². The number of H-pyrrole nitrogens is 1. The maximum Gasteiger partial charge on any atom is 0.263 e. The summed E-state index contributed by atoms with van der Waals surface area (Å²) in [5.74, 6) is 0.760. The molecule has 1 unspecified atom stereocenters. The molecule has 1 fully saturated rings. The second-order valence-corrected chi connectivity index (χ2v) is 8.53. The van der Waals surface area contributed by atoms with E-state index in [4.69, 9.17) is 27.9 Å². The molecule has 0 saturated carbocycles. The van der Waals surface area contributed by atoms with E-state index in [1.807, 2.05) is 0 Å². The number of aromatic amines is 1. The highest BCUT2D eigenvalue weighted by molar-refractivity contribution is 7.92. The Kier molecular flexibility index (Phi) is 4.56. The topological polar surface area (TPSA) is 84.1 Å². The van der Waals surface area contributed by atoms with Gasteiger partial charge in [0, 0.05) is 11.6 Å². The average molecular weight is 412 g/mol. The Labute approximate surface area is 160 Å². The fourth-order valence-electron chi connectivity index (χ4n) is 2.93. The molecule has 0 spiro atoms. The van der Waals surface area contributed by atoms with Crippen molar-refractivity contribution < 1.29 is 13.2 Å². The van der Waals surface area contributed by atoms with Crippen LogP contribution in [0.1, 0.15) is 24.8 Å². The zero-order chi connectivity index (χ0) is 18.3. The molecule has 26 heavy (non-hydrogen) atoms. The Morgan fingerprint density at radius 2 is 2.04 bits per heavy atom. The van der Waals surface area contributed by atoms with E-state index >= 15 is 0 Å². The molecular weight excluding hydrogens is 397 g/mol. The van der Waals surface area contributed by atoms with Crippen LogP contribution in [0.3, 0.4) is 0 Å². The summed E-state index contributed by atoms with van der Waals surface area (Å²) < 4.78 is 33.4. The van der Waals surface area contributed by atoms with Gasteiger partial charge in [0.25, 0.3) is 10.0 Å². The van der Waals surface area contributed by atoms with Crippen molar-refractivity contribution in [3.8, 4) is 0 Å². The second-order valence-electron chi connectivity index (χ2n) is 6.04. The fourth-order valence-corrected chi connectivity index (χ4v) is 4.75. The van der Waals surface area contributed by atoms with Crippen molar-refractivity contribution in [2.24, 2.45) is 0 Å². The van der Waals surface area contributed by atoms with Crippen LogP contribution in [0.15, 0.2) is 41.3 Å². The zero-order valence-electron chi connectivity index (χ0n) is 13.5. The highest BCUT2D eigenvalue weighted by Gasteiger charge is 2.22. The average Bonchev–Trinajstić information content (AvgIpc) is 3.25. The lowest BCUT2D eigenvalue weighted by Crippen LogP contribution is -2.13. The molecule has 136 valence electrons. The van der Waals surface area contributed by atoms with Crippen LogP contribution in [0.25, 0.3) is 11.0 Å². The van der Waals surface area contributed by atoms with Crippen LogP contribution in [0.5, 0.6) is 0 Å². The number of halogens is 2. The van der Waals surface area contributed by atoms with Gasteiger partial charge >= 0.3 is 0 Å². The van der Waals surface area contributed by atoms with Gasteiger partial charge < -0.3 is 9.72 Å². The summed E-state index contributed by atoms with van der Waals surface area (Å²) >= 11 is 11.9. The lowest BCUT2D eigenvalue weighted by atomic mass is 10.2. The summed E-state index contributed by atoms with van der Waals surface area (Å²) in [7, 11) is -3.87. The summed E-state index contributed by atoms with van der Waals surface area (Å²) in [4.78, 5) is 7.65. The van der Waals surface area contributed by atoms with E-state index < -0.39 is 10.0 Å². The number of benzene rings is 2. The van der Waals surface area contributed by atoms with Gasteiger partial charge in [0.1, 0.15) is 16.8 Å². The number of hydrogen-bond donors (Lipinski definition) is 2. The number of hydrogen-bond acceptors (Lipinski definition) is 4. The summed E-state index contributed by atoms with van der Waals surface area (Å²) in [6.45, 7) is 0.729. The van der Waals surface area contributed by atoms with Crippen LogP contribution in [0.2, 0.25) is 10.0 Å². The summed E-state index contributed by atoms with van der Waals surface area (Å²) in [5, 5.41) is 0.394. The number of ether oxygens (including phenoxy) is 1. The van der Waals surface area contributed by atoms with E-state index in [1.54, 1.807) is 18.2 Å². The molecule has 0 amide bonds. The number of sulfonamides is 1. The molecule has 3 aromatic rings. The van der Waals surface area contributed by atoms with E-state index in [9.17, 15) is 8.42 Å². The zero-order valence-corrected chi connectivity index (χ0v) is 15.8. The van der Waals surface area contributed by atoms with Gasteiger partial charge in [0.2, 0.25) is 0 Å². The highest BCUT2D eigenvalue weighted by Crippen LogP contribution is 2.30. The molecule has 0 radical (unpaired) electrons. The molecule has 2 N–H and O–H groups in total. The first-order valence-corrected chi connectivity index (χ1v) is 10.3. The molecule has 2 aromatic carbocycles. The van der Waals surface area contributed by atoms with E-state index in [1.165, 1.54) is 18.2 Å². The first kappa shape index (κ1) is 17.6. The van der Waals surface area contributed by atoms with Crippen molar-refractivity contribution in [3.05, 3.63) is 52.3 Å². The SMILES string of the molecule is O=S(=O)(Nc1ccc2nc(C3CCCO3)[nH]c2c1)c1cc(Cl)ccc1Cl. The van der Waals surface area contributed by atoms with Gasteiger partial charge in [-0.15, -0.1) is 0 Å². The quantitative estimate of drug-likeness (QED) is 0.660. The van der Waals surface area contributed by atoms with Crippen LogP contribution in [-0.2, 0) is 14.8 Å². The first-order valence-electron chi connectivity index (χ1n) is 8.01. The Balaban J connectivity index is 1.65. The van der Waals surface area contributed by atoms with Gasteiger partial charge in [0.15, 0.2) is 0 Å². The van der Waals surface area contributed by atoms with E-state index in [0.29, 0.717) is 10.7 Å². The van der Waals surface area contributed by atoms with Crippen molar-refractivity contribution in [1.82, 2.24) is 9.97 Å². The minimum absolute atomic E-state index is 0.0344.